The highest BCUT2D eigenvalue weighted by atomic mass is 32.2. The lowest BCUT2D eigenvalue weighted by molar-refractivity contribution is 0.0945. The van der Waals surface area contributed by atoms with Crippen LogP contribution in [0.15, 0.2) is 41.6 Å². The molecule has 0 aliphatic carbocycles. The topological polar surface area (TPSA) is 132 Å². The number of hydrogen-bond donors (Lipinski definition) is 2. The number of carbonyl (C=O) groups is 1. The molecule has 3 aromatic rings. The number of amides is 1. The van der Waals surface area contributed by atoms with Gasteiger partial charge >= 0.3 is 0 Å². The summed E-state index contributed by atoms with van der Waals surface area (Å²) in [6.45, 7) is 4.21. The smallest absolute Gasteiger partial charge is 0.270 e. The number of aromatic nitrogens is 4. The molecule has 0 spiro atoms. The molecule has 3 rings (SSSR count). The highest BCUT2D eigenvalue weighted by molar-refractivity contribution is 7.89. The Balaban J connectivity index is 1.77. The molecule has 26 heavy (non-hydrogen) atoms. The van der Waals surface area contributed by atoms with Crippen molar-refractivity contribution in [3.8, 4) is 0 Å². The van der Waals surface area contributed by atoms with E-state index in [1.165, 1.54) is 18.5 Å². The van der Waals surface area contributed by atoms with Gasteiger partial charge in [-0.25, -0.2) is 23.1 Å². The molecule has 2 heterocycles. The van der Waals surface area contributed by atoms with E-state index in [2.05, 4.69) is 20.4 Å². The van der Waals surface area contributed by atoms with Crippen LogP contribution in [0.25, 0.3) is 5.78 Å². The first-order chi connectivity index (χ1) is 12.3. The Hall–Kier alpha value is -2.85. The van der Waals surface area contributed by atoms with E-state index < -0.39 is 10.0 Å². The molecule has 3 N–H and O–H groups in total. The van der Waals surface area contributed by atoms with Crippen LogP contribution in [-0.2, 0) is 16.6 Å². The van der Waals surface area contributed by atoms with Crippen LogP contribution in [-0.4, -0.2) is 33.9 Å². The largest absolute Gasteiger partial charge is 0.347 e. The maximum atomic E-state index is 12.4. The minimum atomic E-state index is -3.73. The number of nitrogens with zero attached hydrogens (tertiary/aromatic N) is 4. The molecular formula is C16H18N6O3S. The van der Waals surface area contributed by atoms with Crippen molar-refractivity contribution in [2.75, 3.05) is 0 Å². The van der Waals surface area contributed by atoms with E-state index in [-0.39, 0.29) is 29.0 Å². The predicted molar refractivity (Wildman–Crippen MR) is 93.9 cm³/mol. The van der Waals surface area contributed by atoms with Crippen LogP contribution < -0.4 is 10.5 Å². The van der Waals surface area contributed by atoms with E-state index in [9.17, 15) is 13.2 Å². The molecule has 1 aromatic carbocycles. The van der Waals surface area contributed by atoms with E-state index in [0.29, 0.717) is 5.78 Å². The van der Waals surface area contributed by atoms with Crippen LogP contribution in [0.1, 0.15) is 41.5 Å². The molecule has 2 aromatic heterocycles. The molecule has 0 bridgehead atoms. The molecule has 0 saturated heterocycles. The van der Waals surface area contributed by atoms with E-state index >= 15 is 0 Å². The van der Waals surface area contributed by atoms with E-state index in [1.54, 1.807) is 22.7 Å². The summed E-state index contributed by atoms with van der Waals surface area (Å²) in [6, 6.07) is 7.66. The zero-order valence-electron chi connectivity index (χ0n) is 14.2. The first-order valence-electron chi connectivity index (χ1n) is 7.86. The first-order valence-corrected chi connectivity index (χ1v) is 9.41. The van der Waals surface area contributed by atoms with Gasteiger partial charge in [-0.3, -0.25) is 4.79 Å². The van der Waals surface area contributed by atoms with Crippen molar-refractivity contribution in [1.82, 2.24) is 24.9 Å². The number of nitrogens with one attached hydrogen (secondary N) is 1. The third kappa shape index (κ3) is 3.70. The van der Waals surface area contributed by atoms with Crippen LogP contribution in [0.5, 0.6) is 0 Å². The first kappa shape index (κ1) is 18.0. The van der Waals surface area contributed by atoms with Gasteiger partial charge in [0, 0.05) is 6.54 Å². The quantitative estimate of drug-likeness (QED) is 0.679. The number of hydrogen-bond acceptors (Lipinski definition) is 6. The lowest BCUT2D eigenvalue weighted by Gasteiger charge is -2.10. The van der Waals surface area contributed by atoms with Gasteiger partial charge in [-0.15, -0.1) is 0 Å². The van der Waals surface area contributed by atoms with Crippen LogP contribution in [0.2, 0.25) is 0 Å². The maximum Gasteiger partial charge on any atom is 0.270 e. The van der Waals surface area contributed by atoms with Gasteiger partial charge < -0.3 is 5.32 Å². The monoisotopic (exact) mass is 374 g/mol. The zero-order valence-corrected chi connectivity index (χ0v) is 15.1. The fourth-order valence-electron chi connectivity index (χ4n) is 2.43. The molecule has 0 unspecified atom stereocenters. The van der Waals surface area contributed by atoms with E-state index in [0.717, 1.165) is 11.3 Å². The highest BCUT2D eigenvalue weighted by Gasteiger charge is 2.15. The summed E-state index contributed by atoms with van der Waals surface area (Å²) < 4.78 is 24.1. The van der Waals surface area contributed by atoms with Gasteiger partial charge in [0.2, 0.25) is 10.0 Å². The highest BCUT2D eigenvalue weighted by Crippen LogP contribution is 2.16. The fraction of sp³-hybridized carbons (Fsp3) is 0.250. The fourth-order valence-corrected chi connectivity index (χ4v) is 2.95. The molecule has 10 heteroatoms. The lowest BCUT2D eigenvalue weighted by Crippen LogP contribution is -2.25. The van der Waals surface area contributed by atoms with Crippen LogP contribution >= 0.6 is 0 Å². The van der Waals surface area contributed by atoms with Crippen molar-refractivity contribution in [2.24, 2.45) is 5.14 Å². The molecular weight excluding hydrogens is 356 g/mol. The Morgan fingerprint density at radius 1 is 1.27 bits per heavy atom. The standard InChI is InChI=1S/C16H18N6O3S/c1-10(2)14-7-13(21-16-19-9-20-22(14)16)15(23)18-8-11-3-5-12(6-4-11)26(17,24)25/h3-7,9-10H,8H2,1-2H3,(H,18,23)(H2,17,24,25). The molecule has 0 saturated carbocycles. The molecule has 0 aliphatic heterocycles. The van der Waals surface area contributed by atoms with Crippen molar-refractivity contribution >= 4 is 21.7 Å². The van der Waals surface area contributed by atoms with Gasteiger partial charge in [-0.1, -0.05) is 26.0 Å². The third-order valence-corrected chi connectivity index (χ3v) is 4.74. The van der Waals surface area contributed by atoms with Crippen LogP contribution in [0.4, 0.5) is 0 Å². The third-order valence-electron chi connectivity index (χ3n) is 3.81. The number of sulfonamides is 1. The minimum absolute atomic E-state index is 0.0214. The second-order valence-electron chi connectivity index (χ2n) is 6.06. The number of benzene rings is 1. The van der Waals surface area contributed by atoms with Crippen molar-refractivity contribution < 1.29 is 13.2 Å². The summed E-state index contributed by atoms with van der Waals surface area (Å²) in [5.74, 6) is 0.145. The summed E-state index contributed by atoms with van der Waals surface area (Å²) in [5, 5.41) is 11.9. The summed E-state index contributed by atoms with van der Waals surface area (Å²) in [6.07, 6.45) is 1.39. The normalized spacial score (nSPS) is 11.8. The van der Waals surface area contributed by atoms with Crippen molar-refractivity contribution in [2.45, 2.75) is 31.2 Å². The Morgan fingerprint density at radius 2 is 1.96 bits per heavy atom. The second kappa shape index (κ2) is 6.81. The summed E-state index contributed by atoms with van der Waals surface area (Å²) in [4.78, 5) is 20.7. The number of fused-ring (bicyclic) bond motifs is 1. The molecule has 0 fully saturated rings. The lowest BCUT2D eigenvalue weighted by atomic mass is 10.1. The average molecular weight is 374 g/mol. The van der Waals surface area contributed by atoms with Crippen LogP contribution in [0.3, 0.4) is 0 Å². The summed E-state index contributed by atoms with van der Waals surface area (Å²) >= 11 is 0. The van der Waals surface area contributed by atoms with Gasteiger partial charge in [0.15, 0.2) is 0 Å². The number of carbonyl (C=O) groups excluding carboxylic acids is 1. The van der Waals surface area contributed by atoms with Crippen molar-refractivity contribution in [3.05, 3.63) is 53.6 Å². The van der Waals surface area contributed by atoms with Gasteiger partial charge in [-0.05, 0) is 29.7 Å². The van der Waals surface area contributed by atoms with Crippen molar-refractivity contribution in [1.29, 1.82) is 0 Å². The average Bonchev–Trinajstić information content (AvgIpc) is 3.06. The Kier molecular flexibility index (Phi) is 4.70. The Morgan fingerprint density at radius 3 is 2.58 bits per heavy atom. The van der Waals surface area contributed by atoms with Crippen molar-refractivity contribution in [3.63, 3.8) is 0 Å². The van der Waals surface area contributed by atoms with E-state index in [4.69, 9.17) is 5.14 Å². The van der Waals surface area contributed by atoms with Gasteiger partial charge in [0.1, 0.15) is 12.0 Å². The van der Waals surface area contributed by atoms with Gasteiger partial charge in [0.25, 0.3) is 11.7 Å². The molecule has 0 atom stereocenters. The molecule has 0 radical (unpaired) electrons. The molecule has 136 valence electrons. The summed E-state index contributed by atoms with van der Waals surface area (Å²) in [7, 11) is -3.73. The van der Waals surface area contributed by atoms with E-state index in [1.807, 2.05) is 13.8 Å². The molecule has 9 nitrogen and oxygen atoms in total. The maximum absolute atomic E-state index is 12.4. The molecule has 0 aliphatic rings. The number of primary sulfonamides is 1. The van der Waals surface area contributed by atoms with Crippen LogP contribution in [0, 0.1) is 0 Å². The Labute approximate surface area is 150 Å². The zero-order chi connectivity index (χ0) is 18.9. The predicted octanol–water partition coefficient (Wildman–Crippen LogP) is 0.825. The Bertz CT molecular complexity index is 1060. The van der Waals surface area contributed by atoms with Gasteiger partial charge in [0.05, 0.1) is 10.6 Å². The summed E-state index contributed by atoms with van der Waals surface area (Å²) in [5.41, 5.74) is 1.81. The number of rotatable bonds is 5. The number of nitrogens with two attached hydrogens (primary N) is 1. The molecule has 1 amide bonds. The minimum Gasteiger partial charge on any atom is -0.347 e. The second-order valence-corrected chi connectivity index (χ2v) is 7.63. The SMILES string of the molecule is CC(C)c1cc(C(=O)NCc2ccc(S(N)(=O)=O)cc2)nc2ncnn12. The van der Waals surface area contributed by atoms with Gasteiger partial charge in [-0.2, -0.15) is 10.1 Å².